The predicted molar refractivity (Wildman–Crippen MR) is 60.4 cm³/mol. The smallest absolute Gasteiger partial charge is 0.0998 e. The van der Waals surface area contributed by atoms with Gasteiger partial charge >= 0.3 is 0 Å². The van der Waals surface area contributed by atoms with Crippen LogP contribution in [-0.2, 0) is 0 Å². The first-order chi connectivity index (χ1) is 6.29. The number of aliphatic imine (C=N–C) groups is 1. The number of nitrogens with zero attached hydrogens (tertiary/aromatic N) is 1. The van der Waals surface area contributed by atoms with Crippen molar-refractivity contribution in [2.75, 3.05) is 0 Å². The molecule has 0 aromatic rings. The molecule has 0 amide bonds. The van der Waals surface area contributed by atoms with Gasteiger partial charge in [-0.1, -0.05) is 27.7 Å². The molecule has 0 aromatic heterocycles. The topological polar surface area (TPSA) is 38.4 Å². The molecule has 0 atom stereocenters. The zero-order valence-electron chi connectivity index (χ0n) is 9.85. The maximum Gasteiger partial charge on any atom is 0.0998 e. The van der Waals surface area contributed by atoms with Gasteiger partial charge in [0.2, 0.25) is 0 Å². The minimum atomic E-state index is 0.0286. The van der Waals surface area contributed by atoms with E-state index in [2.05, 4.69) is 27.7 Å². The van der Waals surface area contributed by atoms with Crippen LogP contribution in [0.15, 0.2) is 4.99 Å². The number of nitrogens with two attached hydrogens (primary N) is 1. The van der Waals surface area contributed by atoms with Crippen molar-refractivity contribution in [1.29, 1.82) is 0 Å². The van der Waals surface area contributed by atoms with E-state index in [1.165, 1.54) is 25.7 Å². The molecule has 0 heterocycles. The average molecular weight is 194 g/mol. The molecule has 2 rings (SSSR count). The molecule has 2 heteroatoms. The lowest BCUT2D eigenvalue weighted by atomic mass is 9.92. The first-order valence-corrected chi connectivity index (χ1v) is 5.65. The van der Waals surface area contributed by atoms with Crippen LogP contribution in [-0.4, -0.2) is 11.4 Å². The van der Waals surface area contributed by atoms with Gasteiger partial charge in [-0.2, -0.15) is 0 Å². The molecule has 2 nitrogen and oxygen atoms in total. The molecule has 80 valence electrons. The summed E-state index contributed by atoms with van der Waals surface area (Å²) >= 11 is 0. The largest absolute Gasteiger partial charge is 0.387 e. The summed E-state index contributed by atoms with van der Waals surface area (Å²) in [6, 6.07) is 0. The summed E-state index contributed by atoms with van der Waals surface area (Å²) < 4.78 is 0. The van der Waals surface area contributed by atoms with Crippen LogP contribution in [0, 0.1) is 10.8 Å². The minimum absolute atomic E-state index is 0.0286. The van der Waals surface area contributed by atoms with Crippen LogP contribution in [0.5, 0.6) is 0 Å². The normalized spacial score (nSPS) is 28.7. The third-order valence-electron chi connectivity index (χ3n) is 3.95. The van der Waals surface area contributed by atoms with E-state index in [1.807, 2.05) is 0 Å². The van der Waals surface area contributed by atoms with E-state index in [0.29, 0.717) is 5.41 Å². The molecule has 0 aliphatic heterocycles. The number of hydrogen-bond acceptors (Lipinski definition) is 1. The first kappa shape index (κ1) is 10.0. The summed E-state index contributed by atoms with van der Waals surface area (Å²) in [5, 5.41) is 0. The molecule has 2 saturated carbocycles. The van der Waals surface area contributed by atoms with Gasteiger partial charge in [0.05, 0.1) is 11.4 Å². The second-order valence-electron chi connectivity index (χ2n) is 6.34. The SMILES string of the molecule is CC(C)(C)C(N)=NC1(C2(C)CC2)CC1. The Morgan fingerprint density at radius 2 is 1.64 bits per heavy atom. The predicted octanol–water partition coefficient (Wildman–Crippen LogP) is 2.72. The van der Waals surface area contributed by atoms with Crippen molar-refractivity contribution in [2.45, 2.75) is 58.9 Å². The van der Waals surface area contributed by atoms with Crippen LogP contribution >= 0.6 is 0 Å². The van der Waals surface area contributed by atoms with E-state index in [9.17, 15) is 0 Å². The summed E-state index contributed by atoms with van der Waals surface area (Å²) in [7, 11) is 0. The van der Waals surface area contributed by atoms with Crippen LogP contribution < -0.4 is 5.73 Å². The second kappa shape index (κ2) is 2.53. The van der Waals surface area contributed by atoms with E-state index in [-0.39, 0.29) is 11.0 Å². The Kier molecular flexibility index (Phi) is 1.81. The highest BCUT2D eigenvalue weighted by atomic mass is 15.0. The van der Waals surface area contributed by atoms with E-state index in [4.69, 9.17) is 10.7 Å². The Morgan fingerprint density at radius 3 is 1.93 bits per heavy atom. The van der Waals surface area contributed by atoms with Crippen molar-refractivity contribution in [3.8, 4) is 0 Å². The standard InChI is InChI=1S/C12H22N2/c1-10(2,3)9(13)14-12(7-8-12)11(4)5-6-11/h5-8H2,1-4H3,(H2,13,14). The molecule has 0 spiro atoms. The molecular formula is C12H22N2. The molecule has 0 saturated heterocycles. The van der Waals surface area contributed by atoms with Crippen LogP contribution in [0.25, 0.3) is 0 Å². The van der Waals surface area contributed by atoms with E-state index >= 15 is 0 Å². The van der Waals surface area contributed by atoms with Gasteiger partial charge in [0.15, 0.2) is 0 Å². The highest BCUT2D eigenvalue weighted by molar-refractivity contribution is 5.86. The lowest BCUT2D eigenvalue weighted by molar-refractivity contribution is 0.413. The second-order valence-corrected chi connectivity index (χ2v) is 6.34. The van der Waals surface area contributed by atoms with Crippen LogP contribution in [0.1, 0.15) is 53.4 Å². The molecule has 0 radical (unpaired) electrons. The molecular weight excluding hydrogens is 172 g/mol. The summed E-state index contributed by atoms with van der Waals surface area (Å²) in [5.41, 5.74) is 6.81. The molecule has 0 bridgehead atoms. The summed E-state index contributed by atoms with van der Waals surface area (Å²) in [6.07, 6.45) is 5.18. The van der Waals surface area contributed by atoms with E-state index < -0.39 is 0 Å². The highest BCUT2D eigenvalue weighted by Crippen LogP contribution is 2.66. The van der Waals surface area contributed by atoms with E-state index in [1.54, 1.807) is 0 Å². The van der Waals surface area contributed by atoms with Crippen molar-refractivity contribution >= 4 is 5.84 Å². The Bertz CT molecular complexity index is 275. The van der Waals surface area contributed by atoms with Crippen molar-refractivity contribution < 1.29 is 0 Å². The Balaban J connectivity index is 2.17. The third kappa shape index (κ3) is 1.45. The van der Waals surface area contributed by atoms with Crippen LogP contribution in [0.2, 0.25) is 0 Å². The Morgan fingerprint density at radius 1 is 1.14 bits per heavy atom. The van der Waals surface area contributed by atoms with Gasteiger partial charge in [-0.3, -0.25) is 4.99 Å². The Hall–Kier alpha value is -0.530. The summed E-state index contributed by atoms with van der Waals surface area (Å²) in [6.45, 7) is 8.77. The van der Waals surface area contributed by atoms with Gasteiger partial charge in [-0.15, -0.1) is 0 Å². The first-order valence-electron chi connectivity index (χ1n) is 5.65. The van der Waals surface area contributed by atoms with Crippen LogP contribution in [0.4, 0.5) is 0 Å². The molecule has 0 unspecified atom stereocenters. The average Bonchev–Trinajstić information content (AvgIpc) is 2.86. The van der Waals surface area contributed by atoms with Crippen LogP contribution in [0.3, 0.4) is 0 Å². The van der Waals surface area contributed by atoms with Crippen molar-refractivity contribution in [3.63, 3.8) is 0 Å². The number of hydrogen-bond donors (Lipinski definition) is 1. The zero-order valence-corrected chi connectivity index (χ0v) is 9.85. The third-order valence-corrected chi connectivity index (χ3v) is 3.95. The van der Waals surface area contributed by atoms with Gasteiger partial charge in [0.1, 0.15) is 0 Å². The fourth-order valence-electron chi connectivity index (χ4n) is 2.02. The highest BCUT2D eigenvalue weighted by Gasteiger charge is 2.63. The molecule has 2 fully saturated rings. The summed E-state index contributed by atoms with van der Waals surface area (Å²) in [5.74, 6) is 0.836. The van der Waals surface area contributed by atoms with Crippen molar-refractivity contribution in [3.05, 3.63) is 0 Å². The van der Waals surface area contributed by atoms with E-state index in [0.717, 1.165) is 5.84 Å². The molecule has 2 aliphatic rings. The lowest BCUT2D eigenvalue weighted by Gasteiger charge is -2.24. The monoisotopic (exact) mass is 194 g/mol. The quantitative estimate of drug-likeness (QED) is 0.532. The van der Waals surface area contributed by atoms with Gasteiger partial charge in [-0.05, 0) is 31.1 Å². The van der Waals surface area contributed by atoms with Crippen molar-refractivity contribution in [1.82, 2.24) is 0 Å². The fourth-order valence-corrected chi connectivity index (χ4v) is 2.02. The maximum absolute atomic E-state index is 6.05. The zero-order chi connectivity index (χ0) is 10.6. The summed E-state index contributed by atoms with van der Waals surface area (Å²) in [4.78, 5) is 4.82. The van der Waals surface area contributed by atoms with Gasteiger partial charge in [0.25, 0.3) is 0 Å². The molecule has 14 heavy (non-hydrogen) atoms. The van der Waals surface area contributed by atoms with Gasteiger partial charge < -0.3 is 5.73 Å². The van der Waals surface area contributed by atoms with Crippen molar-refractivity contribution in [2.24, 2.45) is 21.6 Å². The maximum atomic E-state index is 6.05. The molecule has 0 aromatic carbocycles. The fraction of sp³-hybridized carbons (Fsp3) is 0.917. The van der Waals surface area contributed by atoms with Gasteiger partial charge in [0, 0.05) is 5.41 Å². The lowest BCUT2D eigenvalue weighted by Crippen LogP contribution is -2.33. The molecule has 2 N–H and O–H groups in total. The number of amidine groups is 1. The number of rotatable bonds is 2. The minimum Gasteiger partial charge on any atom is -0.387 e. The van der Waals surface area contributed by atoms with Gasteiger partial charge in [-0.25, -0.2) is 0 Å². The molecule has 2 aliphatic carbocycles. The Labute approximate surface area is 87.0 Å².